The van der Waals surface area contributed by atoms with Crippen LogP contribution >= 0.6 is 0 Å². The molecule has 8 heteroatoms. The molecule has 0 heterocycles. The third-order valence-electron chi connectivity index (χ3n) is 3.13. The second-order valence-electron chi connectivity index (χ2n) is 4.77. The van der Waals surface area contributed by atoms with Crippen LogP contribution in [0.15, 0.2) is 0 Å². The van der Waals surface area contributed by atoms with Gasteiger partial charge in [0.25, 0.3) is 0 Å². The number of unbranched alkanes of at least 4 members (excludes halogenated alkanes) is 1. The summed E-state index contributed by atoms with van der Waals surface area (Å²) in [4.78, 5) is 21.4. The molecule has 0 aromatic heterocycles. The number of aliphatic hydroxyl groups excluding tert-OH is 4. The Kier molecular flexibility index (Phi) is 11.0. The van der Waals surface area contributed by atoms with Crippen molar-refractivity contribution in [2.75, 3.05) is 26.8 Å². The highest BCUT2D eigenvalue weighted by molar-refractivity contribution is 5.68. The molecule has 0 aromatic carbocycles. The monoisotopic (exact) mass is 307 g/mol. The summed E-state index contributed by atoms with van der Waals surface area (Å²) in [5, 5.41) is 40.6. The summed E-state index contributed by atoms with van der Waals surface area (Å²) < 4.78 is 4.49. The number of rotatable bonds is 12. The molecule has 0 amide bonds. The molecule has 0 aromatic rings. The average Bonchev–Trinajstić information content (AvgIpc) is 2.50. The number of aldehydes is 1. The third kappa shape index (κ3) is 8.08. The van der Waals surface area contributed by atoms with E-state index in [9.17, 15) is 24.9 Å². The van der Waals surface area contributed by atoms with Gasteiger partial charge in [-0.2, -0.15) is 0 Å². The number of nitrogens with one attached hydrogen (secondary N) is 1. The summed E-state index contributed by atoms with van der Waals surface area (Å²) in [6.07, 6.45) is -2.35. The summed E-state index contributed by atoms with van der Waals surface area (Å²) in [7, 11) is 1.32. The van der Waals surface area contributed by atoms with Crippen molar-refractivity contribution in [1.29, 1.82) is 0 Å². The van der Waals surface area contributed by atoms with Crippen LogP contribution in [0.3, 0.4) is 0 Å². The molecule has 124 valence electrons. The lowest BCUT2D eigenvalue weighted by Gasteiger charge is -2.25. The highest BCUT2D eigenvalue weighted by Crippen LogP contribution is 2.08. The number of aliphatic hydroxyl groups is 4. The summed E-state index contributed by atoms with van der Waals surface area (Å²) in [5.41, 5.74) is 0. The van der Waals surface area contributed by atoms with Crippen LogP contribution in [0.25, 0.3) is 0 Å². The van der Waals surface area contributed by atoms with E-state index in [1.165, 1.54) is 7.11 Å². The number of carbonyl (C=O) groups is 2. The molecule has 0 spiro atoms. The van der Waals surface area contributed by atoms with Crippen molar-refractivity contribution in [3.63, 3.8) is 0 Å². The van der Waals surface area contributed by atoms with Gasteiger partial charge in [-0.3, -0.25) is 4.79 Å². The molecule has 0 aliphatic rings. The summed E-state index contributed by atoms with van der Waals surface area (Å²) >= 11 is 0. The Hall–Kier alpha value is -1.06. The van der Waals surface area contributed by atoms with Gasteiger partial charge in [-0.05, 0) is 19.4 Å². The average molecular weight is 307 g/mol. The fourth-order valence-corrected chi connectivity index (χ4v) is 1.70. The predicted molar refractivity (Wildman–Crippen MR) is 73.4 cm³/mol. The van der Waals surface area contributed by atoms with Crippen molar-refractivity contribution in [1.82, 2.24) is 5.32 Å². The minimum atomic E-state index is -1.53. The van der Waals surface area contributed by atoms with E-state index in [1.807, 2.05) is 0 Å². The molecule has 5 N–H and O–H groups in total. The van der Waals surface area contributed by atoms with E-state index >= 15 is 0 Å². The molecule has 0 aliphatic heterocycles. The molecular weight excluding hydrogens is 282 g/mol. The Balaban J connectivity index is 3.85. The topological polar surface area (TPSA) is 136 Å². The standard InChI is InChI=1S/C13H25NO7/c1-21-11(18)4-2-3-5-14-6-10(17)13(20)12(19)9(7-15)8-16/h7,9-10,12-14,16-17,19-20H,2-6,8H2,1H3. The van der Waals surface area contributed by atoms with E-state index in [0.717, 1.165) is 0 Å². The van der Waals surface area contributed by atoms with Gasteiger partial charge in [0.05, 0.1) is 31.8 Å². The van der Waals surface area contributed by atoms with E-state index in [0.29, 0.717) is 32.1 Å². The van der Waals surface area contributed by atoms with Gasteiger partial charge in [-0.1, -0.05) is 0 Å². The smallest absolute Gasteiger partial charge is 0.305 e. The van der Waals surface area contributed by atoms with Gasteiger partial charge in [0.15, 0.2) is 0 Å². The molecule has 0 fully saturated rings. The van der Waals surface area contributed by atoms with Crippen LogP contribution in [0.2, 0.25) is 0 Å². The first-order valence-corrected chi connectivity index (χ1v) is 6.85. The molecule has 0 radical (unpaired) electrons. The van der Waals surface area contributed by atoms with Crippen LogP contribution in [0.1, 0.15) is 19.3 Å². The lowest BCUT2D eigenvalue weighted by atomic mass is 9.96. The molecule has 0 rings (SSSR count). The first kappa shape index (κ1) is 19.9. The van der Waals surface area contributed by atoms with Gasteiger partial charge < -0.3 is 35.3 Å². The van der Waals surface area contributed by atoms with Gasteiger partial charge in [-0.15, -0.1) is 0 Å². The van der Waals surface area contributed by atoms with E-state index in [1.54, 1.807) is 0 Å². The van der Waals surface area contributed by atoms with Crippen LogP contribution in [0.4, 0.5) is 0 Å². The van der Waals surface area contributed by atoms with Gasteiger partial charge in [0.2, 0.25) is 0 Å². The molecule has 0 aliphatic carbocycles. The number of methoxy groups -OCH3 is 1. The Bertz CT molecular complexity index is 300. The maximum atomic E-state index is 10.8. The lowest BCUT2D eigenvalue weighted by Crippen LogP contribution is -2.47. The van der Waals surface area contributed by atoms with Crippen molar-refractivity contribution < 1.29 is 34.8 Å². The normalized spacial score (nSPS) is 16.8. The Labute approximate surface area is 123 Å². The van der Waals surface area contributed by atoms with Gasteiger partial charge in [0.1, 0.15) is 12.4 Å². The maximum absolute atomic E-state index is 10.8. The Morgan fingerprint density at radius 3 is 2.43 bits per heavy atom. The highest BCUT2D eigenvalue weighted by Gasteiger charge is 2.30. The zero-order valence-electron chi connectivity index (χ0n) is 12.1. The Morgan fingerprint density at radius 1 is 1.24 bits per heavy atom. The van der Waals surface area contributed by atoms with Crippen LogP contribution < -0.4 is 5.32 Å². The van der Waals surface area contributed by atoms with Crippen LogP contribution in [0.5, 0.6) is 0 Å². The summed E-state index contributed by atoms with van der Waals surface area (Å²) in [6.45, 7) is -0.0587. The second kappa shape index (κ2) is 11.6. The number of hydrogen-bond acceptors (Lipinski definition) is 8. The number of ether oxygens (including phenoxy) is 1. The van der Waals surface area contributed by atoms with Gasteiger partial charge in [-0.25, -0.2) is 0 Å². The summed E-state index contributed by atoms with van der Waals surface area (Å²) in [5.74, 6) is -1.41. The fourth-order valence-electron chi connectivity index (χ4n) is 1.70. The lowest BCUT2D eigenvalue weighted by molar-refractivity contribution is -0.140. The molecule has 4 atom stereocenters. The van der Waals surface area contributed by atoms with E-state index in [2.05, 4.69) is 10.1 Å². The summed E-state index contributed by atoms with van der Waals surface area (Å²) in [6, 6.07) is 0. The van der Waals surface area contributed by atoms with E-state index in [4.69, 9.17) is 5.11 Å². The number of esters is 1. The zero-order valence-corrected chi connectivity index (χ0v) is 12.1. The number of carbonyl (C=O) groups excluding carboxylic acids is 2. The van der Waals surface area contributed by atoms with Gasteiger partial charge in [0, 0.05) is 13.0 Å². The van der Waals surface area contributed by atoms with Crippen molar-refractivity contribution >= 4 is 12.3 Å². The zero-order chi connectivity index (χ0) is 16.3. The predicted octanol–water partition coefficient (Wildman–Crippen LogP) is -2.19. The highest BCUT2D eigenvalue weighted by atomic mass is 16.5. The molecule has 21 heavy (non-hydrogen) atoms. The van der Waals surface area contributed by atoms with Crippen LogP contribution in [-0.2, 0) is 14.3 Å². The minimum absolute atomic E-state index is 0.0213. The number of hydrogen-bond donors (Lipinski definition) is 5. The molecule has 4 unspecified atom stereocenters. The second-order valence-corrected chi connectivity index (χ2v) is 4.77. The van der Waals surface area contributed by atoms with Crippen molar-refractivity contribution in [2.24, 2.45) is 5.92 Å². The van der Waals surface area contributed by atoms with Crippen molar-refractivity contribution in [3.05, 3.63) is 0 Å². The largest absolute Gasteiger partial charge is 0.469 e. The van der Waals surface area contributed by atoms with Crippen molar-refractivity contribution in [3.8, 4) is 0 Å². The molecular formula is C13H25NO7. The molecule has 0 saturated carbocycles. The fraction of sp³-hybridized carbons (Fsp3) is 0.846. The van der Waals surface area contributed by atoms with E-state index in [-0.39, 0.29) is 12.5 Å². The minimum Gasteiger partial charge on any atom is -0.469 e. The molecule has 8 nitrogen and oxygen atoms in total. The van der Waals surface area contributed by atoms with Crippen LogP contribution in [0, 0.1) is 5.92 Å². The quantitative estimate of drug-likeness (QED) is 0.156. The van der Waals surface area contributed by atoms with Crippen molar-refractivity contribution in [2.45, 2.75) is 37.6 Å². The molecule has 0 saturated heterocycles. The maximum Gasteiger partial charge on any atom is 0.305 e. The van der Waals surface area contributed by atoms with E-state index < -0.39 is 30.8 Å². The third-order valence-corrected chi connectivity index (χ3v) is 3.13. The van der Waals surface area contributed by atoms with Crippen LogP contribution in [-0.4, -0.2) is 77.8 Å². The Morgan fingerprint density at radius 2 is 1.90 bits per heavy atom. The molecule has 0 bridgehead atoms. The first-order valence-electron chi connectivity index (χ1n) is 6.85. The first-order chi connectivity index (χ1) is 9.97. The SMILES string of the molecule is COC(=O)CCCCNCC(O)C(O)C(O)C(C=O)CO. The van der Waals surface area contributed by atoms with Gasteiger partial charge >= 0.3 is 5.97 Å².